The van der Waals surface area contributed by atoms with Gasteiger partial charge in [0, 0.05) is 24.8 Å². The molecule has 23 heavy (non-hydrogen) atoms. The highest BCUT2D eigenvalue weighted by molar-refractivity contribution is 5.68. The average molecular weight is 320 g/mol. The van der Waals surface area contributed by atoms with Crippen LogP contribution in [0, 0.1) is 0 Å². The van der Waals surface area contributed by atoms with Crippen molar-refractivity contribution < 1.29 is 14.6 Å². The second kappa shape index (κ2) is 7.21. The molecule has 1 saturated heterocycles. The summed E-state index contributed by atoms with van der Waals surface area (Å²) in [5, 5.41) is 13.2. The fourth-order valence-electron chi connectivity index (χ4n) is 2.66. The highest BCUT2D eigenvalue weighted by atomic mass is 16.6. The Hall–Kier alpha value is -1.75. The normalized spacial score (nSPS) is 17.7. The minimum Gasteiger partial charge on any atom is -0.444 e. The molecule has 0 radical (unpaired) electrons. The molecule has 1 aromatic carbocycles. The molecule has 128 valence electrons. The largest absolute Gasteiger partial charge is 0.444 e. The number of carbonyl (C=O) groups is 1. The Balaban J connectivity index is 1.85. The van der Waals surface area contributed by atoms with Crippen LogP contribution in [0.15, 0.2) is 24.3 Å². The van der Waals surface area contributed by atoms with Gasteiger partial charge in [0.25, 0.3) is 0 Å². The molecule has 0 aliphatic carbocycles. The number of nitrogens with zero attached hydrogens (tertiary/aromatic N) is 1. The van der Waals surface area contributed by atoms with E-state index in [0.29, 0.717) is 19.1 Å². The number of rotatable bonds is 3. The van der Waals surface area contributed by atoms with Crippen LogP contribution in [-0.4, -0.2) is 40.8 Å². The lowest BCUT2D eigenvalue weighted by Crippen LogP contribution is -2.44. The molecule has 1 unspecified atom stereocenters. The molecule has 1 fully saturated rings. The molecule has 5 nitrogen and oxygen atoms in total. The van der Waals surface area contributed by atoms with Gasteiger partial charge in [0.2, 0.25) is 0 Å². The van der Waals surface area contributed by atoms with Crippen molar-refractivity contribution in [1.29, 1.82) is 0 Å². The maximum Gasteiger partial charge on any atom is 0.410 e. The maximum absolute atomic E-state index is 12.1. The van der Waals surface area contributed by atoms with E-state index >= 15 is 0 Å². The van der Waals surface area contributed by atoms with Crippen molar-refractivity contribution in [1.82, 2.24) is 4.90 Å². The summed E-state index contributed by atoms with van der Waals surface area (Å²) in [6.45, 7) is 8.81. The summed E-state index contributed by atoms with van der Waals surface area (Å²) in [6, 6.07) is 8.18. The van der Waals surface area contributed by atoms with E-state index in [1.54, 1.807) is 11.8 Å². The van der Waals surface area contributed by atoms with Crippen molar-refractivity contribution in [2.45, 2.75) is 58.3 Å². The first-order valence-corrected chi connectivity index (χ1v) is 8.27. The van der Waals surface area contributed by atoms with Crippen molar-refractivity contribution in [3.63, 3.8) is 0 Å². The fourth-order valence-corrected chi connectivity index (χ4v) is 2.66. The minimum atomic E-state index is -0.467. The van der Waals surface area contributed by atoms with Gasteiger partial charge in [0.1, 0.15) is 5.60 Å². The molecule has 5 heteroatoms. The third kappa shape index (κ3) is 5.43. The van der Waals surface area contributed by atoms with Gasteiger partial charge in [-0.15, -0.1) is 0 Å². The number of benzene rings is 1. The Morgan fingerprint density at radius 2 is 2.00 bits per heavy atom. The summed E-state index contributed by atoms with van der Waals surface area (Å²) in [6.07, 6.45) is 1.08. The number of hydrogen-bond acceptors (Lipinski definition) is 4. The molecular weight excluding hydrogens is 292 g/mol. The number of piperidine rings is 1. The zero-order chi connectivity index (χ0) is 17.0. The maximum atomic E-state index is 12.1. The van der Waals surface area contributed by atoms with Crippen molar-refractivity contribution >= 4 is 11.8 Å². The van der Waals surface area contributed by atoms with Crippen LogP contribution in [0.2, 0.25) is 0 Å². The molecule has 2 N–H and O–H groups in total. The third-order valence-corrected chi connectivity index (χ3v) is 3.89. The van der Waals surface area contributed by atoms with E-state index in [0.717, 1.165) is 24.1 Å². The number of aliphatic hydroxyl groups is 1. The topological polar surface area (TPSA) is 61.8 Å². The van der Waals surface area contributed by atoms with Crippen LogP contribution in [0.25, 0.3) is 0 Å². The zero-order valence-electron chi connectivity index (χ0n) is 14.5. The molecule has 0 aromatic heterocycles. The van der Waals surface area contributed by atoms with Crippen molar-refractivity contribution in [2.75, 3.05) is 18.4 Å². The van der Waals surface area contributed by atoms with Gasteiger partial charge in [-0.3, -0.25) is 0 Å². The van der Waals surface area contributed by atoms with Crippen LogP contribution in [-0.2, 0) is 4.74 Å². The summed E-state index contributed by atoms with van der Waals surface area (Å²) in [4.78, 5) is 13.8. The summed E-state index contributed by atoms with van der Waals surface area (Å²) in [7, 11) is 0. The van der Waals surface area contributed by atoms with Gasteiger partial charge in [-0.05, 0) is 58.2 Å². The van der Waals surface area contributed by atoms with Crippen LogP contribution in [0.4, 0.5) is 10.5 Å². The molecule has 1 atom stereocenters. The lowest BCUT2D eigenvalue weighted by Gasteiger charge is -2.34. The number of aliphatic hydroxyl groups excluding tert-OH is 1. The van der Waals surface area contributed by atoms with Crippen LogP contribution in [0.1, 0.15) is 52.2 Å². The Labute approximate surface area is 138 Å². The van der Waals surface area contributed by atoms with Gasteiger partial charge in [0.15, 0.2) is 0 Å². The molecule has 1 amide bonds. The van der Waals surface area contributed by atoms with E-state index in [2.05, 4.69) is 5.32 Å². The summed E-state index contributed by atoms with van der Waals surface area (Å²) in [5.41, 5.74) is 1.47. The molecule has 1 heterocycles. The highest BCUT2D eigenvalue weighted by Gasteiger charge is 2.26. The van der Waals surface area contributed by atoms with Crippen LogP contribution in [0.3, 0.4) is 0 Å². The lowest BCUT2D eigenvalue weighted by atomic mass is 10.0. The molecule has 0 bridgehead atoms. The number of hydrogen-bond donors (Lipinski definition) is 2. The second-order valence-electron chi connectivity index (χ2n) is 7.19. The van der Waals surface area contributed by atoms with Gasteiger partial charge in [-0.2, -0.15) is 0 Å². The number of amides is 1. The standard InChI is InChI=1S/C18H28N2O3/c1-13(21)14-6-5-7-16(12-14)19-15-8-10-20(11-9-15)17(22)23-18(2,3)4/h5-7,12-13,15,19,21H,8-11H2,1-4H3. The number of ether oxygens (including phenoxy) is 1. The Morgan fingerprint density at radius 1 is 1.35 bits per heavy atom. The van der Waals surface area contributed by atoms with Gasteiger partial charge < -0.3 is 20.1 Å². The monoisotopic (exact) mass is 320 g/mol. The minimum absolute atomic E-state index is 0.230. The first-order valence-electron chi connectivity index (χ1n) is 8.27. The molecule has 2 rings (SSSR count). The first kappa shape index (κ1) is 17.6. The smallest absolute Gasteiger partial charge is 0.410 e. The van der Waals surface area contributed by atoms with E-state index < -0.39 is 11.7 Å². The van der Waals surface area contributed by atoms with Crippen molar-refractivity contribution in [3.8, 4) is 0 Å². The molecule has 0 spiro atoms. The SMILES string of the molecule is CC(O)c1cccc(NC2CCN(C(=O)OC(C)(C)C)CC2)c1. The van der Waals surface area contributed by atoms with Gasteiger partial charge in [0.05, 0.1) is 6.10 Å². The van der Waals surface area contributed by atoms with E-state index in [4.69, 9.17) is 4.74 Å². The van der Waals surface area contributed by atoms with Crippen molar-refractivity contribution in [3.05, 3.63) is 29.8 Å². The molecule has 1 aromatic rings. The number of likely N-dealkylation sites (tertiary alicyclic amines) is 1. The van der Waals surface area contributed by atoms with Crippen LogP contribution < -0.4 is 5.32 Å². The molecule has 1 aliphatic rings. The quantitative estimate of drug-likeness (QED) is 0.894. The number of carbonyl (C=O) groups excluding carboxylic acids is 1. The molecular formula is C18H28N2O3. The number of anilines is 1. The predicted octanol–water partition coefficient (Wildman–Crippen LogP) is 3.55. The summed E-state index contributed by atoms with van der Waals surface area (Å²) < 4.78 is 5.41. The summed E-state index contributed by atoms with van der Waals surface area (Å²) in [5.74, 6) is 0. The fraction of sp³-hybridized carbons (Fsp3) is 0.611. The average Bonchev–Trinajstić information content (AvgIpc) is 2.46. The van der Waals surface area contributed by atoms with Gasteiger partial charge in [-0.1, -0.05) is 12.1 Å². The van der Waals surface area contributed by atoms with Crippen molar-refractivity contribution in [2.24, 2.45) is 0 Å². The van der Waals surface area contributed by atoms with Crippen LogP contribution >= 0.6 is 0 Å². The zero-order valence-corrected chi connectivity index (χ0v) is 14.5. The van der Waals surface area contributed by atoms with Crippen LogP contribution in [0.5, 0.6) is 0 Å². The van der Waals surface area contributed by atoms with Gasteiger partial charge in [-0.25, -0.2) is 4.79 Å². The third-order valence-electron chi connectivity index (χ3n) is 3.89. The Kier molecular flexibility index (Phi) is 5.52. The Bertz CT molecular complexity index is 529. The van der Waals surface area contributed by atoms with E-state index in [9.17, 15) is 9.90 Å². The first-order chi connectivity index (χ1) is 10.7. The second-order valence-corrected chi connectivity index (χ2v) is 7.19. The van der Waals surface area contributed by atoms with E-state index in [-0.39, 0.29) is 6.09 Å². The van der Waals surface area contributed by atoms with E-state index in [1.165, 1.54) is 0 Å². The van der Waals surface area contributed by atoms with E-state index in [1.807, 2.05) is 45.0 Å². The predicted molar refractivity (Wildman–Crippen MR) is 91.5 cm³/mol. The highest BCUT2D eigenvalue weighted by Crippen LogP contribution is 2.21. The molecule has 1 aliphatic heterocycles. The Morgan fingerprint density at radius 3 is 2.57 bits per heavy atom. The molecule has 0 saturated carbocycles. The lowest BCUT2D eigenvalue weighted by molar-refractivity contribution is 0.0210. The number of nitrogens with one attached hydrogen (secondary N) is 1. The summed E-state index contributed by atoms with van der Waals surface area (Å²) >= 11 is 0. The van der Waals surface area contributed by atoms with Gasteiger partial charge >= 0.3 is 6.09 Å².